The first-order valence-corrected chi connectivity index (χ1v) is 17.6. The minimum atomic E-state index is 0.573. The maximum absolute atomic E-state index is 5.18. The molecule has 0 bridgehead atoms. The van der Waals surface area contributed by atoms with Crippen molar-refractivity contribution in [1.29, 1.82) is 0 Å². The minimum absolute atomic E-state index is 0.573. The van der Waals surface area contributed by atoms with Crippen LogP contribution in [-0.2, 0) is 0 Å². The van der Waals surface area contributed by atoms with Crippen molar-refractivity contribution in [3.05, 3.63) is 164 Å². The fourth-order valence-corrected chi connectivity index (χ4v) is 8.70. The average molecular weight is 662 g/mol. The lowest BCUT2D eigenvalue weighted by Gasteiger charge is -2.15. The smallest absolute Gasteiger partial charge is 0.253 e. The van der Waals surface area contributed by atoms with Gasteiger partial charge in [-0.25, -0.2) is 4.98 Å². The maximum Gasteiger partial charge on any atom is 0.253 e. The van der Waals surface area contributed by atoms with Gasteiger partial charge in [0.2, 0.25) is 0 Å². The van der Waals surface area contributed by atoms with E-state index < -0.39 is 0 Å². The molecular formula is C47H27N5. The Morgan fingerprint density at radius 2 is 1.06 bits per heavy atom. The second-order valence-electron chi connectivity index (χ2n) is 13.6. The van der Waals surface area contributed by atoms with Crippen molar-refractivity contribution < 1.29 is 0 Å². The molecule has 52 heavy (non-hydrogen) atoms. The fourth-order valence-electron chi connectivity index (χ4n) is 8.70. The Balaban J connectivity index is 1.17. The van der Waals surface area contributed by atoms with Gasteiger partial charge in [-0.2, -0.15) is 9.50 Å². The van der Waals surface area contributed by atoms with Gasteiger partial charge < -0.3 is 4.57 Å². The molecule has 12 rings (SSSR count). The number of nitrogens with zero attached hydrogens (tertiary/aromatic N) is 5. The predicted octanol–water partition coefficient (Wildman–Crippen LogP) is 11.7. The largest absolute Gasteiger partial charge is 0.309 e. The van der Waals surface area contributed by atoms with Crippen molar-refractivity contribution in [3.8, 4) is 50.6 Å². The lowest BCUT2D eigenvalue weighted by Crippen LogP contribution is -1.97. The Labute approximate surface area is 297 Å². The molecule has 3 heterocycles. The number of hydrogen-bond acceptors (Lipinski definition) is 3. The van der Waals surface area contributed by atoms with Crippen molar-refractivity contribution in [2.45, 2.75) is 0 Å². The van der Waals surface area contributed by atoms with Gasteiger partial charge >= 0.3 is 0 Å². The highest BCUT2D eigenvalue weighted by Gasteiger charge is 2.25. The summed E-state index contributed by atoms with van der Waals surface area (Å²) in [4.78, 5) is 10.3. The lowest BCUT2D eigenvalue weighted by molar-refractivity contribution is 0.989. The molecule has 0 N–H and O–H groups in total. The number of para-hydroxylation sites is 1. The highest BCUT2D eigenvalue weighted by molar-refractivity contribution is 6.30. The normalized spacial score (nSPS) is 12.2. The molecular weight excluding hydrogens is 635 g/mol. The van der Waals surface area contributed by atoms with E-state index in [9.17, 15) is 0 Å². The zero-order valence-electron chi connectivity index (χ0n) is 27.8. The van der Waals surface area contributed by atoms with Crippen LogP contribution in [0.15, 0.2) is 164 Å². The molecule has 0 amide bonds. The van der Waals surface area contributed by atoms with E-state index in [0.717, 1.165) is 44.2 Å². The summed E-state index contributed by atoms with van der Waals surface area (Å²) in [6.07, 6.45) is 0. The molecule has 8 aromatic carbocycles. The highest BCUT2D eigenvalue weighted by Crippen LogP contribution is 2.49. The summed E-state index contributed by atoms with van der Waals surface area (Å²) in [7, 11) is 0. The maximum atomic E-state index is 5.18. The van der Waals surface area contributed by atoms with Crippen LogP contribution in [-0.4, -0.2) is 24.1 Å². The molecule has 11 aromatic rings. The molecule has 0 radical (unpaired) electrons. The van der Waals surface area contributed by atoms with E-state index in [1.165, 1.54) is 54.8 Å². The van der Waals surface area contributed by atoms with Gasteiger partial charge in [0, 0.05) is 33.0 Å². The summed E-state index contributed by atoms with van der Waals surface area (Å²) >= 11 is 0. The number of fused-ring (bicyclic) bond motifs is 7. The van der Waals surface area contributed by atoms with Gasteiger partial charge in [-0.15, -0.1) is 5.10 Å². The third-order valence-corrected chi connectivity index (χ3v) is 10.9. The summed E-state index contributed by atoms with van der Waals surface area (Å²) in [6.45, 7) is 0. The third-order valence-electron chi connectivity index (χ3n) is 10.9. The molecule has 1 aliphatic carbocycles. The van der Waals surface area contributed by atoms with Crippen LogP contribution in [0.4, 0.5) is 0 Å². The molecule has 0 atom stereocenters. The van der Waals surface area contributed by atoms with Crippen LogP contribution < -0.4 is 0 Å². The second-order valence-corrected chi connectivity index (χ2v) is 13.6. The minimum Gasteiger partial charge on any atom is -0.309 e. The summed E-state index contributed by atoms with van der Waals surface area (Å²) in [5, 5.41) is 13.6. The second kappa shape index (κ2) is 10.2. The molecule has 0 spiro atoms. The topological polar surface area (TPSA) is 48.0 Å². The summed E-state index contributed by atoms with van der Waals surface area (Å²) in [6, 6.07) is 58.6. The van der Waals surface area contributed by atoms with Crippen LogP contribution in [0, 0.1) is 0 Å². The Hall–Kier alpha value is -7.11. The Morgan fingerprint density at radius 3 is 1.92 bits per heavy atom. The van der Waals surface area contributed by atoms with E-state index in [4.69, 9.17) is 15.1 Å². The van der Waals surface area contributed by atoms with Gasteiger partial charge in [0.05, 0.1) is 22.2 Å². The zero-order chi connectivity index (χ0) is 33.9. The molecule has 3 aromatic heterocycles. The Bertz CT molecular complexity index is 3300. The van der Waals surface area contributed by atoms with Gasteiger partial charge in [0.25, 0.3) is 5.78 Å². The number of aromatic nitrogens is 5. The molecule has 5 heteroatoms. The molecule has 1 aliphatic rings. The van der Waals surface area contributed by atoms with Gasteiger partial charge in [-0.05, 0) is 74.1 Å². The van der Waals surface area contributed by atoms with Crippen molar-refractivity contribution in [1.82, 2.24) is 24.1 Å². The molecule has 0 aliphatic heterocycles. The van der Waals surface area contributed by atoms with E-state index in [1.54, 1.807) is 0 Å². The van der Waals surface area contributed by atoms with Crippen molar-refractivity contribution in [2.24, 2.45) is 0 Å². The van der Waals surface area contributed by atoms with E-state index >= 15 is 0 Å². The van der Waals surface area contributed by atoms with E-state index in [1.807, 2.05) is 28.8 Å². The van der Waals surface area contributed by atoms with E-state index in [2.05, 4.69) is 144 Å². The monoisotopic (exact) mass is 661 g/mol. The first-order chi connectivity index (χ1) is 25.8. The Morgan fingerprint density at radius 1 is 0.404 bits per heavy atom. The molecule has 0 unspecified atom stereocenters. The van der Waals surface area contributed by atoms with E-state index in [-0.39, 0.29) is 0 Å². The SMILES string of the molecule is c1ccc(-c2nc3nc(-c4cc(-n5c6cccc7c6c6c8c(cccc8ccc65)-c5ccccc5-7)cc5ccccc45)nn3c3ccccc23)cc1. The van der Waals surface area contributed by atoms with E-state index in [0.29, 0.717) is 11.6 Å². The first kappa shape index (κ1) is 27.7. The number of rotatable bonds is 3. The fraction of sp³-hybridized carbons (Fsp3) is 0. The molecule has 0 saturated carbocycles. The molecule has 0 fully saturated rings. The standard InChI is InChI=1S/C47H27N5/c1-2-12-29(13-3-1)45-37-19-8-9-22-39(37)52-47(48-45)49-46(50-52)38-27-31(26-30-14-4-5-16-32(30)38)51-40-23-11-21-36-34-18-7-6-17-33(34)35-20-10-15-28-24-25-41(51)44(42(28)35)43(36)40/h1-27H. The van der Waals surface area contributed by atoms with Crippen LogP contribution in [0.1, 0.15) is 0 Å². The van der Waals surface area contributed by atoms with Crippen LogP contribution in [0.25, 0.3) is 111 Å². The predicted molar refractivity (Wildman–Crippen MR) is 213 cm³/mol. The Kier molecular flexibility index (Phi) is 5.44. The van der Waals surface area contributed by atoms with Crippen molar-refractivity contribution >= 4 is 60.0 Å². The third kappa shape index (κ3) is 3.69. The van der Waals surface area contributed by atoms with Crippen LogP contribution in [0.3, 0.4) is 0 Å². The average Bonchev–Trinajstić information content (AvgIpc) is 3.76. The van der Waals surface area contributed by atoms with Crippen LogP contribution in [0.2, 0.25) is 0 Å². The van der Waals surface area contributed by atoms with Gasteiger partial charge in [0.1, 0.15) is 0 Å². The highest BCUT2D eigenvalue weighted by atomic mass is 15.3. The summed E-state index contributed by atoms with van der Waals surface area (Å²) in [5.41, 5.74) is 12.4. The van der Waals surface area contributed by atoms with Gasteiger partial charge in [0.15, 0.2) is 5.82 Å². The molecule has 240 valence electrons. The summed E-state index contributed by atoms with van der Waals surface area (Å²) < 4.78 is 4.33. The van der Waals surface area contributed by atoms with Gasteiger partial charge in [-0.1, -0.05) is 133 Å². The zero-order valence-corrected chi connectivity index (χ0v) is 27.8. The van der Waals surface area contributed by atoms with Crippen LogP contribution >= 0.6 is 0 Å². The number of benzene rings is 8. The summed E-state index contributed by atoms with van der Waals surface area (Å²) in [5.74, 6) is 1.22. The van der Waals surface area contributed by atoms with Crippen molar-refractivity contribution in [2.75, 3.05) is 0 Å². The molecule has 5 nitrogen and oxygen atoms in total. The number of hydrogen-bond donors (Lipinski definition) is 0. The lowest BCUT2D eigenvalue weighted by atomic mass is 9.93. The molecule has 0 saturated heterocycles. The van der Waals surface area contributed by atoms with Crippen LogP contribution in [0.5, 0.6) is 0 Å². The quantitative estimate of drug-likeness (QED) is 0.189. The van der Waals surface area contributed by atoms with Crippen molar-refractivity contribution in [3.63, 3.8) is 0 Å². The first-order valence-electron chi connectivity index (χ1n) is 17.6. The van der Waals surface area contributed by atoms with Gasteiger partial charge in [-0.3, -0.25) is 0 Å².